The maximum Gasteiger partial charge on any atom is 0.322 e. The summed E-state index contributed by atoms with van der Waals surface area (Å²) in [4.78, 5) is 13.0. The molecule has 0 saturated carbocycles. The molecular formula is C8H14N4O. The number of aromatic nitrogens is 2. The fourth-order valence-corrected chi connectivity index (χ4v) is 0.845. The van der Waals surface area contributed by atoms with Crippen LogP contribution in [0.3, 0.4) is 0 Å². The first-order valence-electron chi connectivity index (χ1n) is 4.15. The number of carbonyl (C=O) groups excluding carboxylic acids is 1. The molecule has 0 spiro atoms. The number of carbonyl (C=O) groups is 1. The molecule has 0 aliphatic rings. The van der Waals surface area contributed by atoms with Crippen molar-refractivity contribution in [2.24, 2.45) is 7.05 Å². The molecule has 0 radical (unpaired) electrons. The quantitative estimate of drug-likeness (QED) is 0.738. The third kappa shape index (κ3) is 2.21. The predicted octanol–water partition coefficient (Wildman–Crippen LogP) is 0.904. The number of rotatable bonds is 2. The molecule has 0 fully saturated rings. The maximum absolute atomic E-state index is 11.4. The van der Waals surface area contributed by atoms with Gasteiger partial charge in [0.05, 0.1) is 6.20 Å². The van der Waals surface area contributed by atoms with Crippen molar-refractivity contribution in [3.63, 3.8) is 0 Å². The summed E-state index contributed by atoms with van der Waals surface area (Å²) in [7, 11) is 3.52. The Morgan fingerprint density at radius 1 is 1.77 bits per heavy atom. The summed E-state index contributed by atoms with van der Waals surface area (Å²) in [5.41, 5.74) is 0. The molecule has 0 unspecified atom stereocenters. The topological polar surface area (TPSA) is 50.2 Å². The normalized spacial score (nSPS) is 9.77. The molecule has 0 bridgehead atoms. The molecule has 2 amide bonds. The Morgan fingerprint density at radius 3 is 2.92 bits per heavy atom. The Morgan fingerprint density at radius 2 is 2.46 bits per heavy atom. The number of hydrogen-bond acceptors (Lipinski definition) is 2. The van der Waals surface area contributed by atoms with E-state index >= 15 is 0 Å². The van der Waals surface area contributed by atoms with Crippen molar-refractivity contribution < 1.29 is 4.79 Å². The smallest absolute Gasteiger partial charge is 0.322 e. The van der Waals surface area contributed by atoms with Crippen LogP contribution in [0.5, 0.6) is 0 Å². The van der Waals surface area contributed by atoms with Gasteiger partial charge in [-0.3, -0.25) is 10.00 Å². The number of anilines is 1. The van der Waals surface area contributed by atoms with Gasteiger partial charge in [-0.1, -0.05) is 0 Å². The van der Waals surface area contributed by atoms with Gasteiger partial charge in [0, 0.05) is 26.7 Å². The first-order valence-corrected chi connectivity index (χ1v) is 4.15. The van der Waals surface area contributed by atoms with Crippen LogP contribution < -0.4 is 5.32 Å². The number of urea groups is 1. The molecular weight excluding hydrogens is 168 g/mol. The lowest BCUT2D eigenvalue weighted by Gasteiger charge is -2.15. The lowest BCUT2D eigenvalue weighted by atomic mass is 10.6. The van der Waals surface area contributed by atoms with Gasteiger partial charge in [-0.25, -0.2) is 4.79 Å². The molecule has 1 aromatic heterocycles. The van der Waals surface area contributed by atoms with Crippen molar-refractivity contribution in [1.29, 1.82) is 0 Å². The number of aryl methyl sites for hydroxylation is 1. The Kier molecular flexibility index (Phi) is 2.89. The first kappa shape index (κ1) is 9.57. The minimum atomic E-state index is -0.119. The molecule has 13 heavy (non-hydrogen) atoms. The minimum absolute atomic E-state index is 0.119. The molecule has 5 heteroatoms. The van der Waals surface area contributed by atoms with Gasteiger partial charge in [0.25, 0.3) is 0 Å². The third-order valence-electron chi connectivity index (χ3n) is 1.88. The largest absolute Gasteiger partial charge is 0.328 e. The van der Waals surface area contributed by atoms with E-state index in [-0.39, 0.29) is 6.03 Å². The summed E-state index contributed by atoms with van der Waals surface area (Å²) in [5, 5.41) is 6.67. The van der Waals surface area contributed by atoms with Crippen molar-refractivity contribution in [1.82, 2.24) is 14.7 Å². The molecule has 1 aromatic rings. The summed E-state index contributed by atoms with van der Waals surface area (Å²) in [6, 6.07) is 1.63. The Bertz CT molecular complexity index is 294. The Labute approximate surface area is 77.3 Å². The van der Waals surface area contributed by atoms with E-state index in [0.29, 0.717) is 12.4 Å². The van der Waals surface area contributed by atoms with Crippen LogP contribution in [0.2, 0.25) is 0 Å². The number of nitrogens with one attached hydrogen (secondary N) is 1. The van der Waals surface area contributed by atoms with Gasteiger partial charge in [-0.05, 0) is 6.92 Å². The highest BCUT2D eigenvalue weighted by Crippen LogP contribution is 2.03. The number of nitrogens with zero attached hydrogens (tertiary/aromatic N) is 3. The average Bonchev–Trinajstić information content (AvgIpc) is 2.50. The van der Waals surface area contributed by atoms with Gasteiger partial charge in [-0.15, -0.1) is 0 Å². The van der Waals surface area contributed by atoms with Crippen LogP contribution in [0, 0.1) is 0 Å². The van der Waals surface area contributed by atoms with E-state index in [1.807, 2.05) is 6.92 Å². The molecule has 0 aromatic carbocycles. The van der Waals surface area contributed by atoms with Gasteiger partial charge in [0.2, 0.25) is 0 Å². The van der Waals surface area contributed by atoms with E-state index in [0.717, 1.165) is 0 Å². The molecule has 5 nitrogen and oxygen atoms in total. The van der Waals surface area contributed by atoms with Crippen LogP contribution in [0.1, 0.15) is 6.92 Å². The van der Waals surface area contributed by atoms with Crippen molar-refractivity contribution >= 4 is 11.8 Å². The predicted molar refractivity (Wildman–Crippen MR) is 50.5 cm³/mol. The molecule has 1 heterocycles. The van der Waals surface area contributed by atoms with Crippen molar-refractivity contribution in [2.45, 2.75) is 6.92 Å². The second kappa shape index (κ2) is 3.93. The average molecular weight is 182 g/mol. The van der Waals surface area contributed by atoms with Crippen LogP contribution in [-0.4, -0.2) is 34.3 Å². The zero-order valence-corrected chi connectivity index (χ0v) is 8.11. The summed E-state index contributed by atoms with van der Waals surface area (Å²) in [5.74, 6) is 0.699. The van der Waals surface area contributed by atoms with Gasteiger partial charge in [-0.2, -0.15) is 5.10 Å². The standard InChI is InChI=1S/C8H14N4O/c1-4-11(2)8(13)10-7-5-6-9-12(7)3/h5-6H,4H2,1-3H3,(H,10,13). The third-order valence-corrected chi connectivity index (χ3v) is 1.88. The monoisotopic (exact) mass is 182 g/mol. The van der Waals surface area contributed by atoms with Crippen molar-refractivity contribution in [3.8, 4) is 0 Å². The lowest BCUT2D eigenvalue weighted by molar-refractivity contribution is 0.224. The fraction of sp³-hybridized carbons (Fsp3) is 0.500. The van der Waals surface area contributed by atoms with Gasteiger partial charge in [0.1, 0.15) is 5.82 Å². The zero-order valence-electron chi connectivity index (χ0n) is 8.11. The van der Waals surface area contributed by atoms with E-state index in [9.17, 15) is 4.79 Å². The number of amides is 2. The first-order chi connectivity index (χ1) is 6.15. The summed E-state index contributed by atoms with van der Waals surface area (Å²) < 4.78 is 1.61. The molecule has 0 saturated heterocycles. The maximum atomic E-state index is 11.4. The molecule has 0 aliphatic heterocycles. The van der Waals surface area contributed by atoms with Crippen LogP contribution >= 0.6 is 0 Å². The molecule has 72 valence electrons. The molecule has 0 aliphatic carbocycles. The zero-order chi connectivity index (χ0) is 9.84. The lowest BCUT2D eigenvalue weighted by Crippen LogP contribution is -2.31. The minimum Gasteiger partial charge on any atom is -0.328 e. The second-order valence-electron chi connectivity index (χ2n) is 2.78. The molecule has 1 rings (SSSR count). The summed E-state index contributed by atoms with van der Waals surface area (Å²) >= 11 is 0. The fourth-order valence-electron chi connectivity index (χ4n) is 0.845. The highest BCUT2D eigenvalue weighted by atomic mass is 16.2. The van der Waals surface area contributed by atoms with Gasteiger partial charge >= 0.3 is 6.03 Å². The van der Waals surface area contributed by atoms with Gasteiger partial charge < -0.3 is 4.90 Å². The SMILES string of the molecule is CCN(C)C(=O)Nc1ccnn1C. The van der Waals surface area contributed by atoms with Crippen molar-refractivity contribution in [3.05, 3.63) is 12.3 Å². The molecule has 1 N–H and O–H groups in total. The number of hydrogen-bond donors (Lipinski definition) is 1. The van der Waals surface area contributed by atoms with E-state index in [4.69, 9.17) is 0 Å². The molecule has 0 atom stereocenters. The Hall–Kier alpha value is -1.52. The summed E-state index contributed by atoms with van der Waals surface area (Å²) in [6.45, 7) is 2.60. The Balaban J connectivity index is 2.60. The highest BCUT2D eigenvalue weighted by molar-refractivity contribution is 5.88. The van der Waals surface area contributed by atoms with Crippen LogP contribution in [0.4, 0.5) is 10.6 Å². The van der Waals surface area contributed by atoms with Gasteiger partial charge in [0.15, 0.2) is 0 Å². The van der Waals surface area contributed by atoms with Crippen molar-refractivity contribution in [2.75, 3.05) is 18.9 Å². The summed E-state index contributed by atoms with van der Waals surface area (Å²) in [6.07, 6.45) is 1.64. The van der Waals surface area contributed by atoms with E-state index in [1.54, 1.807) is 35.9 Å². The van der Waals surface area contributed by atoms with E-state index < -0.39 is 0 Å². The van der Waals surface area contributed by atoms with E-state index in [1.165, 1.54) is 0 Å². The second-order valence-corrected chi connectivity index (χ2v) is 2.78. The van der Waals surface area contributed by atoms with E-state index in [2.05, 4.69) is 10.4 Å². The highest BCUT2D eigenvalue weighted by Gasteiger charge is 2.07. The van der Waals surface area contributed by atoms with Crippen LogP contribution in [0.15, 0.2) is 12.3 Å². The van der Waals surface area contributed by atoms with Crippen LogP contribution in [-0.2, 0) is 7.05 Å². The van der Waals surface area contributed by atoms with Crippen LogP contribution in [0.25, 0.3) is 0 Å².